The molecule has 5 heteroatoms. The predicted molar refractivity (Wildman–Crippen MR) is 96.8 cm³/mol. The molecule has 2 aliphatic heterocycles. The van der Waals surface area contributed by atoms with E-state index in [0.717, 1.165) is 44.8 Å². The van der Waals surface area contributed by atoms with E-state index in [1.54, 1.807) is 0 Å². The Morgan fingerprint density at radius 1 is 1.28 bits per heavy atom. The second-order valence-corrected chi connectivity index (χ2v) is 7.86. The molecule has 1 saturated carbocycles. The largest absolute Gasteiger partial charge is 0.387 e. The fourth-order valence-electron chi connectivity index (χ4n) is 4.45. The number of anilines is 1. The van der Waals surface area contributed by atoms with Gasteiger partial charge < -0.3 is 19.6 Å². The van der Waals surface area contributed by atoms with Crippen molar-refractivity contribution in [2.75, 3.05) is 44.3 Å². The fraction of sp³-hybridized carbons (Fsp3) is 0.650. The average Bonchev–Trinajstić information content (AvgIpc) is 2.89. The Hall–Kier alpha value is -1.59. The number of hydrogen-bond acceptors (Lipinski definition) is 4. The first kappa shape index (κ1) is 16.9. The minimum absolute atomic E-state index is 0.0391. The highest BCUT2D eigenvalue weighted by molar-refractivity contribution is 5.95. The van der Waals surface area contributed by atoms with E-state index in [0.29, 0.717) is 24.6 Å². The Morgan fingerprint density at radius 3 is 2.72 bits per heavy atom. The van der Waals surface area contributed by atoms with Crippen molar-refractivity contribution in [3.63, 3.8) is 0 Å². The molecular weight excluding hydrogens is 316 g/mol. The highest BCUT2D eigenvalue weighted by atomic mass is 16.5. The van der Waals surface area contributed by atoms with Crippen molar-refractivity contribution in [3.05, 3.63) is 29.8 Å². The first-order chi connectivity index (χ1) is 12.1. The van der Waals surface area contributed by atoms with Crippen LogP contribution < -0.4 is 4.90 Å². The number of benzene rings is 1. The van der Waals surface area contributed by atoms with Gasteiger partial charge in [-0.15, -0.1) is 0 Å². The van der Waals surface area contributed by atoms with Crippen LogP contribution in [0.3, 0.4) is 0 Å². The number of morpholine rings is 1. The van der Waals surface area contributed by atoms with Gasteiger partial charge in [0.15, 0.2) is 0 Å². The molecule has 2 saturated heterocycles. The minimum Gasteiger partial charge on any atom is -0.387 e. The molecule has 5 nitrogen and oxygen atoms in total. The molecule has 2 atom stereocenters. The second kappa shape index (κ2) is 6.61. The summed E-state index contributed by atoms with van der Waals surface area (Å²) in [6.07, 6.45) is 3.39. The van der Waals surface area contributed by atoms with E-state index < -0.39 is 5.60 Å². The lowest BCUT2D eigenvalue weighted by Gasteiger charge is -2.41. The van der Waals surface area contributed by atoms with Gasteiger partial charge in [-0.3, -0.25) is 4.79 Å². The molecule has 3 fully saturated rings. The van der Waals surface area contributed by atoms with Gasteiger partial charge in [0.05, 0.1) is 25.4 Å². The van der Waals surface area contributed by atoms with E-state index in [4.69, 9.17) is 4.74 Å². The molecule has 3 aliphatic rings. The zero-order chi connectivity index (χ0) is 17.4. The summed E-state index contributed by atoms with van der Waals surface area (Å²) in [5, 5.41) is 11.1. The summed E-state index contributed by atoms with van der Waals surface area (Å²) in [7, 11) is 0. The molecule has 0 bridgehead atoms. The summed E-state index contributed by atoms with van der Waals surface area (Å²) in [6, 6.07) is 7.88. The number of likely N-dealkylation sites (tertiary alicyclic amines) is 1. The number of carbonyl (C=O) groups is 1. The first-order valence-electron chi connectivity index (χ1n) is 9.52. The number of hydrogen-bond donors (Lipinski definition) is 1. The van der Waals surface area contributed by atoms with Crippen LogP contribution in [0, 0.1) is 11.8 Å². The van der Waals surface area contributed by atoms with Crippen LogP contribution in [0.2, 0.25) is 0 Å². The van der Waals surface area contributed by atoms with Gasteiger partial charge in [-0.25, -0.2) is 0 Å². The van der Waals surface area contributed by atoms with Crippen LogP contribution in [0.1, 0.15) is 36.5 Å². The Bertz CT molecular complexity index is 640. The molecule has 1 aromatic rings. The van der Waals surface area contributed by atoms with Crippen molar-refractivity contribution in [1.29, 1.82) is 0 Å². The van der Waals surface area contributed by atoms with E-state index in [1.165, 1.54) is 6.42 Å². The van der Waals surface area contributed by atoms with Gasteiger partial charge in [0.25, 0.3) is 5.91 Å². The third-order valence-corrected chi connectivity index (χ3v) is 6.36. The number of rotatable bonds is 3. The Morgan fingerprint density at radius 2 is 2.04 bits per heavy atom. The Balaban J connectivity index is 1.49. The van der Waals surface area contributed by atoms with Gasteiger partial charge >= 0.3 is 0 Å². The van der Waals surface area contributed by atoms with Crippen LogP contribution in [-0.4, -0.2) is 60.9 Å². The lowest BCUT2D eigenvalue weighted by atomic mass is 9.69. The number of β-amino-alcohol motifs (C(OH)–C–C–N with tert-alkyl or cyclic N) is 1. The van der Waals surface area contributed by atoms with E-state index in [-0.39, 0.29) is 11.8 Å². The van der Waals surface area contributed by atoms with E-state index in [1.807, 2.05) is 23.1 Å². The molecule has 2 heterocycles. The number of nitrogens with zero attached hydrogens (tertiary/aromatic N) is 2. The predicted octanol–water partition coefficient (Wildman–Crippen LogP) is 2.15. The highest BCUT2D eigenvalue weighted by Crippen LogP contribution is 2.44. The molecule has 0 aromatic heterocycles. The molecule has 1 aliphatic carbocycles. The van der Waals surface area contributed by atoms with E-state index in [9.17, 15) is 9.90 Å². The van der Waals surface area contributed by atoms with Gasteiger partial charge in [-0.2, -0.15) is 0 Å². The van der Waals surface area contributed by atoms with E-state index >= 15 is 0 Å². The van der Waals surface area contributed by atoms with Crippen molar-refractivity contribution in [2.45, 2.75) is 31.8 Å². The molecule has 1 N–H and O–H groups in total. The number of amides is 1. The second-order valence-electron chi connectivity index (χ2n) is 7.86. The number of aliphatic hydroxyl groups is 1. The maximum atomic E-state index is 13.0. The molecule has 4 rings (SSSR count). The van der Waals surface area contributed by atoms with Crippen LogP contribution in [0.25, 0.3) is 0 Å². The summed E-state index contributed by atoms with van der Waals surface area (Å²) in [6.45, 7) is 6.38. The van der Waals surface area contributed by atoms with E-state index in [2.05, 4.69) is 17.9 Å². The smallest absolute Gasteiger partial charge is 0.254 e. The van der Waals surface area contributed by atoms with Gasteiger partial charge in [-0.05, 0) is 37.0 Å². The van der Waals surface area contributed by atoms with Crippen molar-refractivity contribution >= 4 is 11.6 Å². The quantitative estimate of drug-likeness (QED) is 0.913. The molecule has 0 unspecified atom stereocenters. The SMILES string of the molecule is C[C@@H]1CN(C(=O)c2cccc(N3CCOCC3)c2)C[C@@]1(O)C1CCC1. The minimum atomic E-state index is -0.699. The van der Waals surface area contributed by atoms with Crippen molar-refractivity contribution < 1.29 is 14.6 Å². The van der Waals surface area contributed by atoms with Crippen LogP contribution in [0.5, 0.6) is 0 Å². The molecule has 1 amide bonds. The Kier molecular flexibility index (Phi) is 4.46. The van der Waals surface area contributed by atoms with Crippen LogP contribution in [0.4, 0.5) is 5.69 Å². The maximum Gasteiger partial charge on any atom is 0.254 e. The third kappa shape index (κ3) is 3.04. The zero-order valence-corrected chi connectivity index (χ0v) is 15.0. The third-order valence-electron chi connectivity index (χ3n) is 6.36. The number of ether oxygens (including phenoxy) is 1. The molecule has 136 valence electrons. The summed E-state index contributed by atoms with van der Waals surface area (Å²) in [4.78, 5) is 17.1. The summed E-state index contributed by atoms with van der Waals surface area (Å²) < 4.78 is 5.41. The van der Waals surface area contributed by atoms with Crippen molar-refractivity contribution in [3.8, 4) is 0 Å². The van der Waals surface area contributed by atoms with Crippen LogP contribution in [0.15, 0.2) is 24.3 Å². The fourth-order valence-corrected chi connectivity index (χ4v) is 4.45. The van der Waals surface area contributed by atoms with Gasteiger partial charge in [-0.1, -0.05) is 19.4 Å². The molecule has 0 spiro atoms. The van der Waals surface area contributed by atoms with Crippen LogP contribution in [-0.2, 0) is 4.74 Å². The lowest BCUT2D eigenvalue weighted by molar-refractivity contribution is -0.0660. The lowest BCUT2D eigenvalue weighted by Crippen LogP contribution is -2.48. The monoisotopic (exact) mass is 344 g/mol. The zero-order valence-electron chi connectivity index (χ0n) is 15.0. The first-order valence-corrected chi connectivity index (χ1v) is 9.52. The highest BCUT2D eigenvalue weighted by Gasteiger charge is 2.51. The summed E-state index contributed by atoms with van der Waals surface area (Å²) >= 11 is 0. The molecule has 25 heavy (non-hydrogen) atoms. The Labute approximate surface area is 149 Å². The van der Waals surface area contributed by atoms with Crippen molar-refractivity contribution in [1.82, 2.24) is 4.90 Å². The number of carbonyl (C=O) groups excluding carboxylic acids is 1. The van der Waals surface area contributed by atoms with Gasteiger partial charge in [0.2, 0.25) is 0 Å². The topological polar surface area (TPSA) is 53.0 Å². The summed E-state index contributed by atoms with van der Waals surface area (Å²) in [5.74, 6) is 0.543. The molecule has 1 aromatic carbocycles. The normalized spacial score (nSPS) is 30.4. The maximum absolute atomic E-state index is 13.0. The standard InChI is InChI=1S/C20H28N2O3/c1-15-13-22(14-20(15,24)17-5-3-6-17)19(23)16-4-2-7-18(12-16)21-8-10-25-11-9-21/h2,4,7,12,15,17,24H,3,5-6,8-11,13-14H2,1H3/t15-,20+/m1/s1. The molecule has 0 radical (unpaired) electrons. The van der Waals surface area contributed by atoms with Gasteiger partial charge in [0.1, 0.15) is 0 Å². The van der Waals surface area contributed by atoms with Gasteiger partial charge in [0, 0.05) is 36.8 Å². The average molecular weight is 344 g/mol. The van der Waals surface area contributed by atoms with Crippen LogP contribution >= 0.6 is 0 Å². The van der Waals surface area contributed by atoms with Crippen molar-refractivity contribution in [2.24, 2.45) is 11.8 Å². The molecular formula is C20H28N2O3. The summed E-state index contributed by atoms with van der Waals surface area (Å²) in [5.41, 5.74) is 1.10.